The highest BCUT2D eigenvalue weighted by molar-refractivity contribution is 5.79. The molecule has 1 saturated heterocycles. The Morgan fingerprint density at radius 1 is 1.31 bits per heavy atom. The van der Waals surface area contributed by atoms with E-state index in [9.17, 15) is 4.79 Å². The highest BCUT2D eigenvalue weighted by atomic mass is 16.6. The Labute approximate surface area is 152 Å². The molecule has 7 nitrogen and oxygen atoms in total. The molecule has 1 aromatic carbocycles. The van der Waals surface area contributed by atoms with Gasteiger partial charge in [0.25, 0.3) is 0 Å². The minimum absolute atomic E-state index is 0.0789. The van der Waals surface area contributed by atoms with Gasteiger partial charge in [-0.05, 0) is 44.2 Å². The standard InChI is InChI=1S/C19H23N3O4/c1-12-17(21-26-20-12)10-19(23)22-14-7-6-13(8-14)18(22)11-25-16-5-3-4-15(9-16)24-2/h3-5,9,13-14,18H,6-8,10-11H2,1-2H3/t13-,14-,18+/m0/s1. The van der Waals surface area contributed by atoms with Crippen molar-refractivity contribution in [2.75, 3.05) is 13.7 Å². The molecule has 2 heterocycles. The summed E-state index contributed by atoms with van der Waals surface area (Å²) in [4.78, 5) is 14.9. The van der Waals surface area contributed by atoms with Gasteiger partial charge in [0.2, 0.25) is 5.91 Å². The molecule has 0 N–H and O–H groups in total. The van der Waals surface area contributed by atoms with Crippen LogP contribution in [0.4, 0.5) is 0 Å². The lowest BCUT2D eigenvalue weighted by Gasteiger charge is -2.35. The number of nitrogens with zero attached hydrogens (tertiary/aromatic N) is 3. The van der Waals surface area contributed by atoms with Crippen molar-refractivity contribution in [3.8, 4) is 11.5 Å². The van der Waals surface area contributed by atoms with E-state index in [1.165, 1.54) is 0 Å². The maximum atomic E-state index is 12.9. The molecule has 0 unspecified atom stereocenters. The van der Waals surface area contributed by atoms with Crippen LogP contribution in [-0.2, 0) is 11.2 Å². The van der Waals surface area contributed by atoms with Gasteiger partial charge in [-0.2, -0.15) is 0 Å². The molecule has 2 aromatic rings. The quantitative estimate of drug-likeness (QED) is 0.790. The molecule has 138 valence electrons. The van der Waals surface area contributed by atoms with Crippen molar-refractivity contribution in [1.29, 1.82) is 0 Å². The summed E-state index contributed by atoms with van der Waals surface area (Å²) in [6, 6.07) is 7.97. The molecule has 2 bridgehead atoms. The van der Waals surface area contributed by atoms with Gasteiger partial charge >= 0.3 is 0 Å². The average Bonchev–Trinajstić information content (AvgIpc) is 3.37. The molecule has 0 spiro atoms. The lowest BCUT2D eigenvalue weighted by molar-refractivity contribution is -0.135. The third kappa shape index (κ3) is 3.13. The molecule has 3 atom stereocenters. The number of carbonyl (C=O) groups is 1. The van der Waals surface area contributed by atoms with Crippen molar-refractivity contribution in [2.45, 2.75) is 44.7 Å². The number of aromatic nitrogens is 2. The lowest BCUT2D eigenvalue weighted by Crippen LogP contribution is -2.48. The van der Waals surface area contributed by atoms with Crippen LogP contribution in [0.2, 0.25) is 0 Å². The lowest BCUT2D eigenvalue weighted by atomic mass is 9.99. The van der Waals surface area contributed by atoms with Crippen LogP contribution < -0.4 is 9.47 Å². The van der Waals surface area contributed by atoms with E-state index >= 15 is 0 Å². The minimum Gasteiger partial charge on any atom is -0.497 e. The maximum absolute atomic E-state index is 12.9. The van der Waals surface area contributed by atoms with Crippen molar-refractivity contribution >= 4 is 5.91 Å². The Morgan fingerprint density at radius 3 is 2.92 bits per heavy atom. The van der Waals surface area contributed by atoms with Crippen LogP contribution >= 0.6 is 0 Å². The zero-order chi connectivity index (χ0) is 18.1. The first-order valence-corrected chi connectivity index (χ1v) is 9.01. The van der Waals surface area contributed by atoms with Gasteiger partial charge in [0.1, 0.15) is 29.5 Å². The summed E-state index contributed by atoms with van der Waals surface area (Å²) < 4.78 is 16.0. The van der Waals surface area contributed by atoms with Crippen LogP contribution in [0.25, 0.3) is 0 Å². The highest BCUT2D eigenvalue weighted by Gasteiger charge is 2.48. The molecule has 2 aliphatic rings. The number of hydrogen-bond donors (Lipinski definition) is 0. The second-order valence-corrected chi connectivity index (χ2v) is 7.06. The molecule has 1 saturated carbocycles. The number of likely N-dealkylation sites (tertiary alicyclic amines) is 1. The first-order chi connectivity index (χ1) is 12.7. The molecule has 2 fully saturated rings. The van der Waals surface area contributed by atoms with E-state index in [0.29, 0.717) is 30.0 Å². The third-order valence-corrected chi connectivity index (χ3v) is 5.56. The predicted molar refractivity (Wildman–Crippen MR) is 93.0 cm³/mol. The second-order valence-electron chi connectivity index (χ2n) is 7.06. The number of piperidine rings is 1. The maximum Gasteiger partial charge on any atom is 0.229 e. The van der Waals surface area contributed by atoms with Gasteiger partial charge in [0, 0.05) is 12.1 Å². The van der Waals surface area contributed by atoms with E-state index in [-0.39, 0.29) is 18.4 Å². The van der Waals surface area contributed by atoms with Crippen LogP contribution in [-0.4, -0.2) is 46.9 Å². The number of carbonyl (C=O) groups excluding carboxylic acids is 1. The minimum atomic E-state index is 0.0789. The first-order valence-electron chi connectivity index (χ1n) is 9.01. The van der Waals surface area contributed by atoms with Gasteiger partial charge in [0.15, 0.2) is 0 Å². The van der Waals surface area contributed by atoms with Gasteiger partial charge in [-0.3, -0.25) is 4.79 Å². The molecule has 1 aliphatic heterocycles. The number of hydrogen-bond acceptors (Lipinski definition) is 6. The molecular formula is C19H23N3O4. The number of rotatable bonds is 6. The fraction of sp³-hybridized carbons (Fsp3) is 0.526. The number of fused-ring (bicyclic) bond motifs is 2. The van der Waals surface area contributed by atoms with Crippen LogP contribution in [0, 0.1) is 12.8 Å². The van der Waals surface area contributed by atoms with Gasteiger partial charge in [-0.25, -0.2) is 4.63 Å². The first kappa shape index (κ1) is 16.9. The third-order valence-electron chi connectivity index (χ3n) is 5.56. The monoisotopic (exact) mass is 357 g/mol. The van der Waals surface area contributed by atoms with E-state index < -0.39 is 0 Å². The Hall–Kier alpha value is -2.57. The van der Waals surface area contributed by atoms with Gasteiger partial charge in [0.05, 0.1) is 19.6 Å². The van der Waals surface area contributed by atoms with Crippen LogP contribution in [0.1, 0.15) is 30.7 Å². The molecule has 1 aliphatic carbocycles. The van der Waals surface area contributed by atoms with Crippen LogP contribution in [0.3, 0.4) is 0 Å². The van der Waals surface area contributed by atoms with Crippen molar-refractivity contribution in [3.63, 3.8) is 0 Å². The molecule has 0 radical (unpaired) electrons. The summed E-state index contributed by atoms with van der Waals surface area (Å²) >= 11 is 0. The second kappa shape index (κ2) is 6.97. The summed E-state index contributed by atoms with van der Waals surface area (Å²) in [6.45, 7) is 2.30. The zero-order valence-electron chi connectivity index (χ0n) is 15.1. The van der Waals surface area contributed by atoms with E-state index in [2.05, 4.69) is 10.3 Å². The zero-order valence-corrected chi connectivity index (χ0v) is 15.1. The fourth-order valence-corrected chi connectivity index (χ4v) is 4.21. The Morgan fingerprint density at radius 2 is 2.15 bits per heavy atom. The number of amides is 1. The topological polar surface area (TPSA) is 77.7 Å². The predicted octanol–water partition coefficient (Wildman–Crippen LogP) is 2.39. The van der Waals surface area contributed by atoms with Gasteiger partial charge < -0.3 is 14.4 Å². The number of aryl methyl sites for hydroxylation is 1. The smallest absolute Gasteiger partial charge is 0.229 e. The normalized spacial score (nSPS) is 24.1. The van der Waals surface area contributed by atoms with Gasteiger partial charge in [-0.15, -0.1) is 0 Å². The average molecular weight is 357 g/mol. The van der Waals surface area contributed by atoms with Crippen molar-refractivity contribution in [2.24, 2.45) is 5.92 Å². The highest BCUT2D eigenvalue weighted by Crippen LogP contribution is 2.43. The summed E-state index contributed by atoms with van der Waals surface area (Å²) in [6.07, 6.45) is 3.52. The molecular weight excluding hydrogens is 334 g/mol. The SMILES string of the molecule is COc1cccc(OC[C@@H]2[C@H]3CC[C@@H](C3)N2C(=O)Cc2nonc2C)c1. The largest absolute Gasteiger partial charge is 0.497 e. The van der Waals surface area contributed by atoms with Crippen molar-refractivity contribution in [3.05, 3.63) is 35.7 Å². The molecule has 7 heteroatoms. The Kier molecular flexibility index (Phi) is 4.53. The summed E-state index contributed by atoms with van der Waals surface area (Å²) in [5.41, 5.74) is 1.29. The molecule has 1 amide bonds. The molecule has 1 aromatic heterocycles. The fourth-order valence-electron chi connectivity index (χ4n) is 4.21. The van der Waals surface area contributed by atoms with Gasteiger partial charge in [-0.1, -0.05) is 16.4 Å². The van der Waals surface area contributed by atoms with Crippen molar-refractivity contribution in [1.82, 2.24) is 15.2 Å². The number of ether oxygens (including phenoxy) is 2. The Bertz CT molecular complexity index is 791. The number of benzene rings is 1. The van der Waals surface area contributed by atoms with Crippen molar-refractivity contribution < 1.29 is 18.9 Å². The molecule has 26 heavy (non-hydrogen) atoms. The van der Waals surface area contributed by atoms with E-state index in [1.54, 1.807) is 14.0 Å². The Balaban J connectivity index is 1.45. The van der Waals surface area contributed by atoms with E-state index in [0.717, 1.165) is 30.8 Å². The molecule has 4 rings (SSSR count). The van der Waals surface area contributed by atoms with E-state index in [4.69, 9.17) is 14.1 Å². The summed E-state index contributed by atoms with van der Waals surface area (Å²) in [5.74, 6) is 2.11. The van der Waals surface area contributed by atoms with Crippen LogP contribution in [0.5, 0.6) is 11.5 Å². The number of methoxy groups -OCH3 is 1. The summed E-state index contributed by atoms with van der Waals surface area (Å²) in [5, 5.41) is 7.61. The summed E-state index contributed by atoms with van der Waals surface area (Å²) in [7, 11) is 1.64. The van der Waals surface area contributed by atoms with E-state index in [1.807, 2.05) is 29.2 Å². The van der Waals surface area contributed by atoms with Crippen LogP contribution in [0.15, 0.2) is 28.9 Å².